The highest BCUT2D eigenvalue weighted by Crippen LogP contribution is 2.30. The third-order valence-electron chi connectivity index (χ3n) is 7.22. The van der Waals surface area contributed by atoms with Gasteiger partial charge in [0.1, 0.15) is 12.1 Å². The summed E-state index contributed by atoms with van der Waals surface area (Å²) in [5, 5.41) is 13.3. The molecule has 0 aliphatic carbocycles. The first-order valence-corrected chi connectivity index (χ1v) is 13.6. The van der Waals surface area contributed by atoms with Gasteiger partial charge in [0.25, 0.3) is 5.91 Å². The molecule has 5 rings (SSSR count). The van der Waals surface area contributed by atoms with E-state index in [2.05, 4.69) is 15.3 Å². The van der Waals surface area contributed by atoms with Crippen LogP contribution in [0.25, 0.3) is 10.4 Å². The molecule has 3 aromatic rings. The first-order valence-electron chi connectivity index (χ1n) is 12.7. The number of likely N-dealkylation sites (tertiary alicyclic amines) is 1. The Kier molecular flexibility index (Phi) is 7.27. The van der Waals surface area contributed by atoms with Crippen LogP contribution in [0.3, 0.4) is 0 Å². The number of amides is 3. The minimum Gasteiger partial charge on any atom is -0.391 e. The molecule has 0 radical (unpaired) electrons. The van der Waals surface area contributed by atoms with Crippen molar-refractivity contribution in [2.45, 2.75) is 58.5 Å². The highest BCUT2D eigenvalue weighted by Gasteiger charge is 2.46. The van der Waals surface area contributed by atoms with Crippen LogP contribution in [-0.4, -0.2) is 67.3 Å². The Hall–Kier alpha value is -3.63. The summed E-state index contributed by atoms with van der Waals surface area (Å²) in [4.78, 5) is 52.8. The SMILES string of the molecule is Cc1ncsc1-c1ccc(CNC(=O)[C@@H]2C[C@@H](O)CN2C(=O)C(C(C)C)N2Cc3ncccc3C2=O)cc1. The van der Waals surface area contributed by atoms with E-state index in [0.29, 0.717) is 17.8 Å². The number of carbonyl (C=O) groups excluding carboxylic acids is 3. The Morgan fingerprint density at radius 1 is 1.18 bits per heavy atom. The molecule has 2 aliphatic rings. The van der Waals surface area contributed by atoms with Crippen molar-refractivity contribution in [2.24, 2.45) is 5.92 Å². The summed E-state index contributed by atoms with van der Waals surface area (Å²) in [7, 11) is 0. The molecule has 3 atom stereocenters. The van der Waals surface area contributed by atoms with Crippen LogP contribution in [0.15, 0.2) is 48.1 Å². The normalized spacial score (nSPS) is 19.7. The number of aryl methyl sites for hydroxylation is 1. The van der Waals surface area contributed by atoms with Crippen LogP contribution in [0.5, 0.6) is 0 Å². The zero-order valence-electron chi connectivity index (χ0n) is 21.6. The molecule has 9 nitrogen and oxygen atoms in total. The van der Waals surface area contributed by atoms with Crippen molar-refractivity contribution in [1.82, 2.24) is 25.1 Å². The van der Waals surface area contributed by atoms with Gasteiger partial charge >= 0.3 is 0 Å². The summed E-state index contributed by atoms with van der Waals surface area (Å²) >= 11 is 1.59. The van der Waals surface area contributed by atoms with Crippen molar-refractivity contribution >= 4 is 29.1 Å². The van der Waals surface area contributed by atoms with Gasteiger partial charge in [-0.15, -0.1) is 11.3 Å². The number of rotatable bonds is 7. The second kappa shape index (κ2) is 10.6. The fourth-order valence-corrected chi connectivity index (χ4v) is 6.10. The molecule has 2 N–H and O–H groups in total. The van der Waals surface area contributed by atoms with E-state index in [9.17, 15) is 19.5 Å². The van der Waals surface area contributed by atoms with E-state index in [1.54, 1.807) is 29.7 Å². The molecule has 0 saturated carbocycles. The largest absolute Gasteiger partial charge is 0.391 e. The number of aliphatic hydroxyl groups is 1. The number of thiazole rings is 1. The summed E-state index contributed by atoms with van der Waals surface area (Å²) < 4.78 is 0. The summed E-state index contributed by atoms with van der Waals surface area (Å²) in [6.45, 7) is 6.33. The topological polar surface area (TPSA) is 116 Å². The molecular weight excluding hydrogens is 502 g/mol. The van der Waals surface area contributed by atoms with Crippen molar-refractivity contribution in [3.8, 4) is 10.4 Å². The third-order valence-corrected chi connectivity index (χ3v) is 8.19. The maximum atomic E-state index is 13.8. The van der Waals surface area contributed by atoms with Crippen molar-refractivity contribution in [3.05, 3.63) is 70.6 Å². The number of benzene rings is 1. The molecule has 1 unspecified atom stereocenters. The summed E-state index contributed by atoms with van der Waals surface area (Å²) in [6, 6.07) is 9.78. The Morgan fingerprint density at radius 2 is 1.95 bits per heavy atom. The lowest BCUT2D eigenvalue weighted by atomic mass is 10.0. The van der Waals surface area contributed by atoms with Gasteiger partial charge in [0.05, 0.1) is 40.0 Å². The smallest absolute Gasteiger partial charge is 0.256 e. The van der Waals surface area contributed by atoms with E-state index < -0.39 is 18.2 Å². The molecule has 2 aromatic heterocycles. The summed E-state index contributed by atoms with van der Waals surface area (Å²) in [6.07, 6.45) is 0.979. The molecule has 1 saturated heterocycles. The number of fused-ring (bicyclic) bond motifs is 1. The van der Waals surface area contributed by atoms with Crippen LogP contribution < -0.4 is 5.32 Å². The van der Waals surface area contributed by atoms with E-state index in [4.69, 9.17) is 0 Å². The highest BCUT2D eigenvalue weighted by molar-refractivity contribution is 7.13. The number of pyridine rings is 1. The number of carbonyl (C=O) groups is 3. The van der Waals surface area contributed by atoms with E-state index in [0.717, 1.165) is 21.7 Å². The fraction of sp³-hybridized carbons (Fsp3) is 0.393. The number of aromatic nitrogens is 2. The molecule has 1 fully saturated rings. The monoisotopic (exact) mass is 533 g/mol. The average Bonchev–Trinajstić information content (AvgIpc) is 3.60. The third kappa shape index (κ3) is 4.93. The van der Waals surface area contributed by atoms with Crippen LogP contribution in [0.1, 0.15) is 47.6 Å². The predicted molar refractivity (Wildman–Crippen MR) is 143 cm³/mol. The minimum atomic E-state index is -0.809. The van der Waals surface area contributed by atoms with E-state index in [1.165, 1.54) is 9.80 Å². The number of hydrogen-bond donors (Lipinski definition) is 2. The van der Waals surface area contributed by atoms with Crippen molar-refractivity contribution in [2.75, 3.05) is 6.54 Å². The van der Waals surface area contributed by atoms with Crippen molar-refractivity contribution in [1.29, 1.82) is 0 Å². The minimum absolute atomic E-state index is 0.0519. The molecule has 198 valence electrons. The number of β-amino-alcohol motifs (C(OH)–C–C–N with tert-alkyl or cyclic N) is 1. The van der Waals surface area contributed by atoms with E-state index in [1.807, 2.05) is 50.5 Å². The van der Waals surface area contributed by atoms with Crippen molar-refractivity contribution in [3.63, 3.8) is 0 Å². The lowest BCUT2D eigenvalue weighted by Gasteiger charge is -2.35. The van der Waals surface area contributed by atoms with Crippen LogP contribution in [0.4, 0.5) is 0 Å². The number of nitrogens with zero attached hydrogens (tertiary/aromatic N) is 4. The lowest BCUT2D eigenvalue weighted by Crippen LogP contribution is -2.55. The zero-order chi connectivity index (χ0) is 27.0. The molecule has 2 aliphatic heterocycles. The first-order chi connectivity index (χ1) is 18.2. The molecule has 38 heavy (non-hydrogen) atoms. The maximum Gasteiger partial charge on any atom is 0.256 e. The summed E-state index contributed by atoms with van der Waals surface area (Å²) in [5.74, 6) is -1.08. The van der Waals surface area contributed by atoms with Gasteiger partial charge in [0, 0.05) is 25.7 Å². The average molecular weight is 534 g/mol. The van der Waals surface area contributed by atoms with Gasteiger partial charge in [0.15, 0.2) is 0 Å². The highest BCUT2D eigenvalue weighted by atomic mass is 32.1. The van der Waals surface area contributed by atoms with Gasteiger partial charge in [-0.2, -0.15) is 0 Å². The van der Waals surface area contributed by atoms with E-state index in [-0.39, 0.29) is 43.1 Å². The molecule has 4 heterocycles. The van der Waals surface area contributed by atoms with Crippen LogP contribution in [-0.2, 0) is 22.7 Å². The van der Waals surface area contributed by atoms with Crippen LogP contribution in [0.2, 0.25) is 0 Å². The number of aliphatic hydroxyl groups excluding tert-OH is 1. The molecule has 0 bridgehead atoms. The van der Waals surface area contributed by atoms with Crippen LogP contribution >= 0.6 is 11.3 Å². The van der Waals surface area contributed by atoms with Gasteiger partial charge in [0.2, 0.25) is 11.8 Å². The Morgan fingerprint density at radius 3 is 2.61 bits per heavy atom. The second-order valence-electron chi connectivity index (χ2n) is 10.2. The first kappa shape index (κ1) is 26.0. The maximum absolute atomic E-state index is 13.8. The van der Waals surface area contributed by atoms with E-state index >= 15 is 0 Å². The number of hydrogen-bond acceptors (Lipinski definition) is 7. The standard InChI is InChI=1S/C28H31N5O4S/c1-16(2)24(33-14-22-21(27(33)36)5-4-10-29-22)28(37)32-13-20(34)11-23(32)26(35)30-12-18-6-8-19(9-7-18)25-17(3)31-15-38-25/h4-10,15-16,20,23-24,34H,11-14H2,1-3H3,(H,30,35)/t20-,23+,24?/m1/s1. The van der Waals surface area contributed by atoms with Gasteiger partial charge in [-0.3, -0.25) is 19.4 Å². The Bertz CT molecular complexity index is 1360. The lowest BCUT2D eigenvalue weighted by molar-refractivity contribution is -0.143. The molecule has 10 heteroatoms. The Labute approximate surface area is 225 Å². The molecular formula is C28H31N5O4S. The van der Waals surface area contributed by atoms with Crippen molar-refractivity contribution < 1.29 is 19.5 Å². The van der Waals surface area contributed by atoms with Gasteiger partial charge in [-0.05, 0) is 36.1 Å². The number of nitrogens with one attached hydrogen (secondary N) is 1. The molecule has 1 aromatic carbocycles. The van der Waals surface area contributed by atoms with Gasteiger partial charge < -0.3 is 20.2 Å². The molecule has 3 amide bonds. The van der Waals surface area contributed by atoms with Gasteiger partial charge in [-0.25, -0.2) is 4.98 Å². The molecule has 0 spiro atoms. The predicted octanol–water partition coefficient (Wildman–Crippen LogP) is 2.77. The second-order valence-corrected chi connectivity index (χ2v) is 11.1. The van der Waals surface area contributed by atoms with Gasteiger partial charge in [-0.1, -0.05) is 38.1 Å². The fourth-order valence-electron chi connectivity index (χ4n) is 5.29. The Balaban J connectivity index is 1.27. The quantitative estimate of drug-likeness (QED) is 0.483. The zero-order valence-corrected chi connectivity index (χ0v) is 22.4. The van der Waals surface area contributed by atoms with Crippen LogP contribution in [0, 0.1) is 12.8 Å². The summed E-state index contributed by atoms with van der Waals surface area (Å²) in [5.41, 5.74) is 5.94.